The minimum atomic E-state index is -0.0257. The molecule has 5 heteroatoms. The highest BCUT2D eigenvalue weighted by Crippen LogP contribution is 2.49. The van der Waals surface area contributed by atoms with Crippen molar-refractivity contribution in [1.82, 2.24) is 14.7 Å². The van der Waals surface area contributed by atoms with Crippen LogP contribution in [0.2, 0.25) is 0 Å². The molecular weight excluding hydrogens is 314 g/mol. The Hall–Kier alpha value is -1.10. The van der Waals surface area contributed by atoms with Crippen LogP contribution in [0.3, 0.4) is 0 Å². The first-order valence-corrected chi connectivity index (χ1v) is 10.0. The molecule has 1 spiro atoms. The highest BCUT2D eigenvalue weighted by Gasteiger charge is 2.60. The van der Waals surface area contributed by atoms with Crippen LogP contribution >= 0.6 is 0 Å². The number of piperidine rings is 1. The van der Waals surface area contributed by atoms with Gasteiger partial charge in [0.25, 0.3) is 0 Å². The molecule has 0 radical (unpaired) electrons. The SMILES string of the molecule is CC(C)CC(=O)N1CCC2(CC1)[C@H]1CN(CC(C)C)C[C@H]1C(=O)N2C. The van der Waals surface area contributed by atoms with Gasteiger partial charge >= 0.3 is 0 Å². The van der Waals surface area contributed by atoms with Gasteiger partial charge in [-0.25, -0.2) is 0 Å². The monoisotopic (exact) mass is 349 g/mol. The van der Waals surface area contributed by atoms with E-state index in [4.69, 9.17) is 0 Å². The van der Waals surface area contributed by atoms with Crippen molar-refractivity contribution in [3.63, 3.8) is 0 Å². The maximum atomic E-state index is 12.9. The first-order chi connectivity index (χ1) is 11.7. The molecule has 0 aromatic carbocycles. The molecule has 5 nitrogen and oxygen atoms in total. The fourth-order valence-electron chi connectivity index (χ4n) is 5.39. The molecule has 3 rings (SSSR count). The van der Waals surface area contributed by atoms with Crippen LogP contribution in [0.25, 0.3) is 0 Å². The van der Waals surface area contributed by atoms with Gasteiger partial charge in [0, 0.05) is 52.1 Å². The van der Waals surface area contributed by atoms with Gasteiger partial charge in [-0.05, 0) is 24.7 Å². The molecular formula is C20H35N3O2. The standard InChI is InChI=1S/C20H35N3O2/c1-14(2)10-18(24)23-8-6-20(7-9-23)17-13-22(11-15(3)4)12-16(17)19(25)21(20)5/h14-17H,6-13H2,1-5H3/t16-,17+/m1/s1. The van der Waals surface area contributed by atoms with Crippen molar-refractivity contribution < 1.29 is 9.59 Å². The topological polar surface area (TPSA) is 43.9 Å². The number of hydrogen-bond donors (Lipinski definition) is 0. The van der Waals surface area contributed by atoms with Gasteiger partial charge in [-0.3, -0.25) is 9.59 Å². The molecule has 25 heavy (non-hydrogen) atoms. The second-order valence-electron chi connectivity index (χ2n) is 9.30. The van der Waals surface area contributed by atoms with Gasteiger partial charge in [-0.1, -0.05) is 27.7 Å². The van der Waals surface area contributed by atoms with Gasteiger partial charge in [0.2, 0.25) is 11.8 Å². The van der Waals surface area contributed by atoms with Crippen LogP contribution in [0.4, 0.5) is 0 Å². The third kappa shape index (κ3) is 3.32. The zero-order valence-electron chi connectivity index (χ0n) is 16.6. The van der Waals surface area contributed by atoms with E-state index in [1.807, 2.05) is 11.9 Å². The Morgan fingerprint density at radius 3 is 2.32 bits per heavy atom. The van der Waals surface area contributed by atoms with Gasteiger partial charge in [-0.2, -0.15) is 0 Å². The van der Waals surface area contributed by atoms with Crippen molar-refractivity contribution in [1.29, 1.82) is 0 Å². The van der Waals surface area contributed by atoms with Gasteiger partial charge in [-0.15, -0.1) is 0 Å². The van der Waals surface area contributed by atoms with E-state index in [1.54, 1.807) is 0 Å². The fraction of sp³-hybridized carbons (Fsp3) is 0.900. The summed E-state index contributed by atoms with van der Waals surface area (Å²) in [5.74, 6) is 2.26. The molecule has 3 heterocycles. The predicted molar refractivity (Wildman–Crippen MR) is 99.0 cm³/mol. The van der Waals surface area contributed by atoms with Crippen LogP contribution in [0, 0.1) is 23.7 Å². The number of likely N-dealkylation sites (tertiary alicyclic amines) is 3. The van der Waals surface area contributed by atoms with Crippen LogP contribution in [0.15, 0.2) is 0 Å². The lowest BCUT2D eigenvalue weighted by Gasteiger charge is -2.47. The molecule has 2 amide bonds. The van der Waals surface area contributed by atoms with Crippen molar-refractivity contribution in [2.24, 2.45) is 23.7 Å². The minimum Gasteiger partial charge on any atom is -0.343 e. The number of hydrogen-bond acceptors (Lipinski definition) is 3. The molecule has 3 aliphatic heterocycles. The average Bonchev–Trinajstić information content (AvgIpc) is 3.02. The van der Waals surface area contributed by atoms with E-state index in [9.17, 15) is 9.59 Å². The first kappa shape index (κ1) is 18.7. The summed E-state index contributed by atoms with van der Waals surface area (Å²) in [4.78, 5) is 31.8. The molecule has 0 aromatic heterocycles. The lowest BCUT2D eigenvalue weighted by molar-refractivity contribution is -0.137. The summed E-state index contributed by atoms with van der Waals surface area (Å²) in [6, 6.07) is 0. The number of amides is 2. The van der Waals surface area contributed by atoms with E-state index in [0.29, 0.717) is 30.1 Å². The molecule has 0 saturated carbocycles. The van der Waals surface area contributed by atoms with Crippen LogP contribution < -0.4 is 0 Å². The molecule has 2 atom stereocenters. The normalized spacial score (nSPS) is 29.3. The Bertz CT molecular complexity index is 523. The molecule has 3 fully saturated rings. The summed E-state index contributed by atoms with van der Waals surface area (Å²) in [6.45, 7) is 13.3. The Morgan fingerprint density at radius 2 is 1.76 bits per heavy atom. The summed E-state index contributed by atoms with van der Waals surface area (Å²) < 4.78 is 0. The van der Waals surface area contributed by atoms with Crippen molar-refractivity contribution >= 4 is 11.8 Å². The van der Waals surface area contributed by atoms with E-state index in [1.165, 1.54) is 0 Å². The Kier molecular flexibility index (Phi) is 5.16. The summed E-state index contributed by atoms with van der Waals surface area (Å²) in [5.41, 5.74) is -0.0257. The molecule has 3 saturated heterocycles. The van der Waals surface area contributed by atoms with Crippen LogP contribution in [-0.2, 0) is 9.59 Å². The van der Waals surface area contributed by atoms with E-state index in [-0.39, 0.29) is 17.4 Å². The maximum absolute atomic E-state index is 12.9. The maximum Gasteiger partial charge on any atom is 0.227 e. The predicted octanol–water partition coefficient (Wildman–Crippen LogP) is 2.07. The summed E-state index contributed by atoms with van der Waals surface area (Å²) in [6.07, 6.45) is 2.52. The number of fused-ring (bicyclic) bond motifs is 2. The lowest BCUT2D eigenvalue weighted by Crippen LogP contribution is -2.56. The zero-order valence-corrected chi connectivity index (χ0v) is 16.6. The molecule has 0 bridgehead atoms. The molecule has 0 unspecified atom stereocenters. The van der Waals surface area contributed by atoms with E-state index < -0.39 is 0 Å². The fourth-order valence-corrected chi connectivity index (χ4v) is 5.39. The van der Waals surface area contributed by atoms with Gasteiger partial charge in [0.05, 0.1) is 11.5 Å². The van der Waals surface area contributed by atoms with Gasteiger partial charge in [0.15, 0.2) is 0 Å². The third-order valence-electron chi connectivity index (χ3n) is 6.59. The number of carbonyl (C=O) groups is 2. The van der Waals surface area contributed by atoms with Crippen molar-refractivity contribution in [2.45, 2.75) is 52.5 Å². The summed E-state index contributed by atoms with van der Waals surface area (Å²) in [5, 5.41) is 0. The smallest absolute Gasteiger partial charge is 0.227 e. The molecule has 142 valence electrons. The van der Waals surface area contributed by atoms with Crippen molar-refractivity contribution in [2.75, 3.05) is 39.8 Å². The summed E-state index contributed by atoms with van der Waals surface area (Å²) in [7, 11) is 2.00. The average molecular weight is 350 g/mol. The minimum absolute atomic E-state index is 0.0257. The third-order valence-corrected chi connectivity index (χ3v) is 6.59. The zero-order chi connectivity index (χ0) is 18.4. The first-order valence-electron chi connectivity index (χ1n) is 10.0. The number of nitrogens with zero attached hydrogens (tertiary/aromatic N) is 3. The Morgan fingerprint density at radius 1 is 1.12 bits per heavy atom. The summed E-state index contributed by atoms with van der Waals surface area (Å²) >= 11 is 0. The Balaban J connectivity index is 1.69. The van der Waals surface area contributed by atoms with Crippen molar-refractivity contribution in [3.05, 3.63) is 0 Å². The molecule has 0 N–H and O–H groups in total. The lowest BCUT2D eigenvalue weighted by atomic mass is 9.75. The number of carbonyl (C=O) groups excluding carboxylic acids is 2. The largest absolute Gasteiger partial charge is 0.343 e. The van der Waals surface area contributed by atoms with Crippen molar-refractivity contribution in [3.8, 4) is 0 Å². The molecule has 0 aliphatic carbocycles. The van der Waals surface area contributed by atoms with Gasteiger partial charge in [0.1, 0.15) is 0 Å². The van der Waals surface area contributed by atoms with E-state index in [0.717, 1.165) is 45.6 Å². The van der Waals surface area contributed by atoms with E-state index >= 15 is 0 Å². The van der Waals surface area contributed by atoms with Crippen LogP contribution in [-0.4, -0.2) is 71.8 Å². The second kappa shape index (κ2) is 6.90. The van der Waals surface area contributed by atoms with Crippen LogP contribution in [0.5, 0.6) is 0 Å². The van der Waals surface area contributed by atoms with E-state index in [2.05, 4.69) is 37.5 Å². The number of rotatable bonds is 4. The Labute approximate surface area is 152 Å². The highest BCUT2D eigenvalue weighted by molar-refractivity contribution is 5.84. The highest BCUT2D eigenvalue weighted by atomic mass is 16.2. The van der Waals surface area contributed by atoms with Gasteiger partial charge < -0.3 is 14.7 Å². The quantitative estimate of drug-likeness (QED) is 0.780. The van der Waals surface area contributed by atoms with Crippen LogP contribution in [0.1, 0.15) is 47.0 Å². The molecule has 0 aromatic rings. The molecule has 3 aliphatic rings. The second-order valence-corrected chi connectivity index (χ2v) is 9.30.